The molecule has 0 N–H and O–H groups in total. The number of esters is 1. The number of carbonyl (C=O) groups is 1. The molecule has 0 spiro atoms. The van der Waals surface area contributed by atoms with E-state index in [1.165, 1.54) is 0 Å². The first kappa shape index (κ1) is 14.8. The van der Waals surface area contributed by atoms with Gasteiger partial charge in [-0.2, -0.15) is 18.4 Å². The van der Waals surface area contributed by atoms with Crippen LogP contribution in [0.1, 0.15) is 16.7 Å². The largest absolute Gasteiger partial charge is 0.469 e. The second-order valence-electron chi connectivity index (χ2n) is 3.36. The summed E-state index contributed by atoms with van der Waals surface area (Å²) in [6.07, 6.45) is -4.85. The molecule has 0 aliphatic carbocycles. The maximum atomic E-state index is 12.6. The van der Waals surface area contributed by atoms with Crippen molar-refractivity contribution in [2.45, 2.75) is 12.6 Å². The Morgan fingerprint density at radius 3 is 2.56 bits per heavy atom. The van der Waals surface area contributed by atoms with Gasteiger partial charge in [0.25, 0.3) is 0 Å². The van der Waals surface area contributed by atoms with Crippen molar-refractivity contribution in [3.8, 4) is 6.07 Å². The van der Waals surface area contributed by atoms with Gasteiger partial charge in [0.1, 0.15) is 6.07 Å². The van der Waals surface area contributed by atoms with E-state index in [0.29, 0.717) is 3.57 Å². The fraction of sp³-hybridized carbons (Fsp3) is 0.273. The molecule has 0 saturated heterocycles. The van der Waals surface area contributed by atoms with Crippen molar-refractivity contribution in [1.82, 2.24) is 0 Å². The van der Waals surface area contributed by atoms with E-state index >= 15 is 0 Å². The zero-order valence-corrected chi connectivity index (χ0v) is 11.3. The Bertz CT molecular complexity index is 520. The molecule has 0 saturated carbocycles. The summed E-state index contributed by atoms with van der Waals surface area (Å²) in [6.45, 7) is 0. The minimum absolute atomic E-state index is 0.107. The van der Waals surface area contributed by atoms with E-state index in [9.17, 15) is 18.0 Å². The standard InChI is InChI=1S/C11H7F3INO2/c1-18-9(17)4-6-2-8(11(12,13)14)3-7(5-16)10(6)15/h2-3H,4H2,1H3. The van der Waals surface area contributed by atoms with Gasteiger partial charge in [0.05, 0.1) is 24.7 Å². The van der Waals surface area contributed by atoms with Crippen LogP contribution in [0, 0.1) is 14.9 Å². The molecule has 7 heteroatoms. The SMILES string of the molecule is COC(=O)Cc1cc(C(F)(F)F)cc(C#N)c1I. The van der Waals surface area contributed by atoms with Crippen LogP contribution in [0.15, 0.2) is 12.1 Å². The predicted octanol–water partition coefficient (Wildman–Crippen LogP) is 2.90. The number of carbonyl (C=O) groups excluding carboxylic acids is 1. The first-order valence-electron chi connectivity index (χ1n) is 4.66. The van der Waals surface area contributed by atoms with E-state index in [1.54, 1.807) is 28.7 Å². The lowest BCUT2D eigenvalue weighted by Crippen LogP contribution is -2.11. The van der Waals surface area contributed by atoms with Crippen molar-refractivity contribution in [1.29, 1.82) is 5.26 Å². The van der Waals surface area contributed by atoms with Crippen molar-refractivity contribution in [2.24, 2.45) is 0 Å². The number of ether oxygens (including phenoxy) is 1. The van der Waals surface area contributed by atoms with Crippen LogP contribution < -0.4 is 0 Å². The van der Waals surface area contributed by atoms with Crippen LogP contribution in [0.3, 0.4) is 0 Å². The lowest BCUT2D eigenvalue weighted by atomic mass is 10.0. The predicted molar refractivity (Wildman–Crippen MR) is 64.6 cm³/mol. The third-order valence-corrected chi connectivity index (χ3v) is 3.43. The Morgan fingerprint density at radius 1 is 1.50 bits per heavy atom. The van der Waals surface area contributed by atoms with E-state index in [2.05, 4.69) is 4.74 Å². The highest BCUT2D eigenvalue weighted by atomic mass is 127. The topological polar surface area (TPSA) is 50.1 Å². The van der Waals surface area contributed by atoms with Gasteiger partial charge in [0, 0.05) is 3.57 Å². The lowest BCUT2D eigenvalue weighted by Gasteiger charge is -2.11. The van der Waals surface area contributed by atoms with Crippen LogP contribution in [0.2, 0.25) is 0 Å². The zero-order chi connectivity index (χ0) is 13.9. The molecule has 0 bridgehead atoms. The molecule has 0 aliphatic rings. The first-order valence-corrected chi connectivity index (χ1v) is 5.74. The average molecular weight is 369 g/mol. The molecule has 1 rings (SSSR count). The molecule has 1 aromatic rings. The lowest BCUT2D eigenvalue weighted by molar-refractivity contribution is -0.140. The number of hydrogen-bond acceptors (Lipinski definition) is 3. The molecule has 0 heterocycles. The second kappa shape index (κ2) is 5.56. The molecule has 0 aromatic heterocycles. The third-order valence-electron chi connectivity index (χ3n) is 2.16. The summed E-state index contributed by atoms with van der Waals surface area (Å²) in [6, 6.07) is 3.31. The molecule has 18 heavy (non-hydrogen) atoms. The number of nitriles is 1. The van der Waals surface area contributed by atoms with Crippen molar-refractivity contribution in [3.05, 3.63) is 32.4 Å². The van der Waals surface area contributed by atoms with Gasteiger partial charge in [-0.05, 0) is 40.3 Å². The summed E-state index contributed by atoms with van der Waals surface area (Å²) < 4.78 is 42.6. The highest BCUT2D eigenvalue weighted by Gasteiger charge is 2.32. The summed E-state index contributed by atoms with van der Waals surface area (Å²) in [4.78, 5) is 11.1. The van der Waals surface area contributed by atoms with Gasteiger partial charge < -0.3 is 4.74 Å². The molecule has 0 amide bonds. The van der Waals surface area contributed by atoms with Crippen LogP contribution in [-0.2, 0) is 22.1 Å². The highest BCUT2D eigenvalue weighted by molar-refractivity contribution is 14.1. The molecule has 96 valence electrons. The summed E-state index contributed by atoms with van der Waals surface area (Å²) >= 11 is 1.74. The van der Waals surface area contributed by atoms with Crippen molar-refractivity contribution < 1.29 is 22.7 Å². The summed E-state index contributed by atoms with van der Waals surface area (Å²) in [5, 5.41) is 8.79. The molecular weight excluding hydrogens is 362 g/mol. The van der Waals surface area contributed by atoms with Gasteiger partial charge in [-0.15, -0.1) is 0 Å². The molecule has 3 nitrogen and oxygen atoms in total. The Labute approximate surface area is 115 Å². The highest BCUT2D eigenvalue weighted by Crippen LogP contribution is 2.32. The monoisotopic (exact) mass is 369 g/mol. The van der Waals surface area contributed by atoms with Gasteiger partial charge in [-0.3, -0.25) is 4.79 Å². The van der Waals surface area contributed by atoms with Crippen molar-refractivity contribution >= 4 is 28.6 Å². The van der Waals surface area contributed by atoms with Gasteiger partial charge in [-0.25, -0.2) is 0 Å². The van der Waals surface area contributed by atoms with E-state index < -0.39 is 17.7 Å². The fourth-order valence-corrected chi connectivity index (χ4v) is 1.91. The van der Waals surface area contributed by atoms with Gasteiger partial charge >= 0.3 is 12.1 Å². The van der Waals surface area contributed by atoms with E-state index in [-0.39, 0.29) is 17.5 Å². The number of alkyl halides is 3. The zero-order valence-electron chi connectivity index (χ0n) is 9.14. The normalized spacial score (nSPS) is 10.9. The minimum Gasteiger partial charge on any atom is -0.469 e. The number of nitrogens with zero attached hydrogens (tertiary/aromatic N) is 1. The molecule has 0 fully saturated rings. The number of benzene rings is 1. The maximum Gasteiger partial charge on any atom is 0.416 e. The van der Waals surface area contributed by atoms with Crippen LogP contribution >= 0.6 is 22.6 Å². The van der Waals surface area contributed by atoms with Crippen LogP contribution in [-0.4, -0.2) is 13.1 Å². The van der Waals surface area contributed by atoms with Crippen molar-refractivity contribution in [3.63, 3.8) is 0 Å². The van der Waals surface area contributed by atoms with Crippen LogP contribution in [0.25, 0.3) is 0 Å². The second-order valence-corrected chi connectivity index (χ2v) is 4.44. The minimum atomic E-state index is -4.55. The third kappa shape index (κ3) is 3.35. The maximum absolute atomic E-state index is 12.6. The number of hydrogen-bond donors (Lipinski definition) is 0. The molecule has 0 aliphatic heterocycles. The van der Waals surface area contributed by atoms with Gasteiger partial charge in [0.2, 0.25) is 0 Å². The molecular formula is C11H7F3INO2. The van der Waals surface area contributed by atoms with Crippen molar-refractivity contribution in [2.75, 3.05) is 7.11 Å². The van der Waals surface area contributed by atoms with Gasteiger partial charge in [-0.1, -0.05) is 0 Å². The Morgan fingerprint density at radius 2 is 2.11 bits per heavy atom. The molecule has 0 unspecified atom stereocenters. The van der Waals surface area contributed by atoms with E-state index in [4.69, 9.17) is 5.26 Å². The fourth-order valence-electron chi connectivity index (χ4n) is 1.29. The Kier molecular flexibility index (Phi) is 4.56. The number of methoxy groups -OCH3 is 1. The Hall–Kier alpha value is -1.30. The van der Waals surface area contributed by atoms with E-state index in [0.717, 1.165) is 19.2 Å². The number of rotatable bonds is 2. The quantitative estimate of drug-likeness (QED) is 0.595. The molecule has 0 radical (unpaired) electrons. The van der Waals surface area contributed by atoms with Crippen LogP contribution in [0.5, 0.6) is 0 Å². The summed E-state index contributed by atoms with van der Waals surface area (Å²) in [5.74, 6) is -0.656. The summed E-state index contributed by atoms with van der Waals surface area (Å²) in [5.41, 5.74) is -0.920. The smallest absolute Gasteiger partial charge is 0.416 e. The Balaban J connectivity index is 3.33. The van der Waals surface area contributed by atoms with Gasteiger partial charge in [0.15, 0.2) is 0 Å². The molecule has 1 aromatic carbocycles. The number of halogens is 4. The molecule has 0 atom stereocenters. The first-order chi connectivity index (χ1) is 8.29. The van der Waals surface area contributed by atoms with Crippen LogP contribution in [0.4, 0.5) is 13.2 Å². The average Bonchev–Trinajstić information content (AvgIpc) is 2.30. The van der Waals surface area contributed by atoms with E-state index in [1.807, 2.05) is 0 Å². The summed E-state index contributed by atoms with van der Waals surface area (Å²) in [7, 11) is 1.15.